The standard InChI is InChI=1S/C16H22O7S/c1-10-5-7-11(8-6-10)24(17,18)20-9-12-13-14(15(19-4)21-12)23-16(2,3)22-13/h5-8,12-15H,9H2,1-4H3/t12-,13+,14+,15?/m0/s1. The van der Waals surface area contributed by atoms with Gasteiger partial charge in [0.2, 0.25) is 0 Å². The molecule has 0 saturated carbocycles. The Morgan fingerprint density at radius 1 is 1.12 bits per heavy atom. The lowest BCUT2D eigenvalue weighted by Gasteiger charge is -2.23. The van der Waals surface area contributed by atoms with E-state index in [0.717, 1.165) is 5.56 Å². The molecule has 0 spiro atoms. The van der Waals surface area contributed by atoms with Crippen LogP contribution in [0.3, 0.4) is 0 Å². The molecule has 4 atom stereocenters. The number of fused-ring (bicyclic) bond motifs is 1. The van der Waals surface area contributed by atoms with Crippen molar-refractivity contribution in [1.29, 1.82) is 0 Å². The van der Waals surface area contributed by atoms with Gasteiger partial charge in [-0.2, -0.15) is 8.42 Å². The predicted octanol–water partition coefficient (Wildman–Crippen LogP) is 1.59. The first-order chi connectivity index (χ1) is 11.2. The number of aryl methyl sites for hydroxylation is 1. The molecule has 0 amide bonds. The van der Waals surface area contributed by atoms with Crippen molar-refractivity contribution in [3.05, 3.63) is 29.8 Å². The highest BCUT2D eigenvalue weighted by Crippen LogP contribution is 2.39. The lowest BCUT2D eigenvalue weighted by Crippen LogP contribution is -2.33. The summed E-state index contributed by atoms with van der Waals surface area (Å²) in [5.41, 5.74) is 0.970. The summed E-state index contributed by atoms with van der Waals surface area (Å²) in [7, 11) is -2.36. The third-order valence-electron chi connectivity index (χ3n) is 4.04. The van der Waals surface area contributed by atoms with E-state index in [2.05, 4.69) is 0 Å². The minimum absolute atomic E-state index is 0.106. The van der Waals surface area contributed by atoms with Crippen LogP contribution in [0.5, 0.6) is 0 Å². The molecule has 134 valence electrons. The SMILES string of the molecule is COC1O[C@@H](COS(=O)(=O)c2ccc(C)cc2)[C@H]2OC(C)(C)O[C@@H]12. The van der Waals surface area contributed by atoms with Crippen LogP contribution in [0, 0.1) is 6.92 Å². The van der Waals surface area contributed by atoms with Crippen molar-refractivity contribution in [2.45, 2.75) is 56.1 Å². The molecule has 7 nitrogen and oxygen atoms in total. The molecule has 1 aromatic carbocycles. The average Bonchev–Trinajstić information content (AvgIpc) is 2.99. The van der Waals surface area contributed by atoms with E-state index in [4.69, 9.17) is 23.1 Å². The van der Waals surface area contributed by atoms with Crippen LogP contribution < -0.4 is 0 Å². The predicted molar refractivity (Wildman–Crippen MR) is 83.8 cm³/mol. The maximum Gasteiger partial charge on any atom is 0.297 e. The molecule has 1 unspecified atom stereocenters. The van der Waals surface area contributed by atoms with Crippen LogP contribution in [0.2, 0.25) is 0 Å². The molecule has 2 aliphatic rings. The monoisotopic (exact) mass is 358 g/mol. The number of ether oxygens (including phenoxy) is 4. The first-order valence-electron chi connectivity index (χ1n) is 7.72. The fourth-order valence-electron chi connectivity index (χ4n) is 2.90. The zero-order chi connectivity index (χ0) is 17.5. The molecular weight excluding hydrogens is 336 g/mol. The van der Waals surface area contributed by atoms with E-state index in [1.165, 1.54) is 19.2 Å². The van der Waals surface area contributed by atoms with E-state index >= 15 is 0 Å². The number of rotatable bonds is 5. The van der Waals surface area contributed by atoms with Crippen LogP contribution in [0.1, 0.15) is 19.4 Å². The van der Waals surface area contributed by atoms with Gasteiger partial charge >= 0.3 is 0 Å². The number of methoxy groups -OCH3 is 1. The van der Waals surface area contributed by atoms with Gasteiger partial charge in [-0.05, 0) is 32.9 Å². The molecule has 24 heavy (non-hydrogen) atoms. The summed E-state index contributed by atoms with van der Waals surface area (Å²) < 4.78 is 52.2. The van der Waals surface area contributed by atoms with Crippen LogP contribution in [-0.2, 0) is 33.2 Å². The summed E-state index contributed by atoms with van der Waals surface area (Å²) in [6, 6.07) is 6.46. The number of benzene rings is 1. The number of hydrogen-bond donors (Lipinski definition) is 0. The Labute approximate surface area is 141 Å². The van der Waals surface area contributed by atoms with Crippen LogP contribution in [0.15, 0.2) is 29.2 Å². The van der Waals surface area contributed by atoms with Crippen LogP contribution in [0.25, 0.3) is 0 Å². The van der Waals surface area contributed by atoms with Gasteiger partial charge in [0.1, 0.15) is 18.3 Å². The molecule has 3 rings (SSSR count). The zero-order valence-electron chi connectivity index (χ0n) is 14.1. The Morgan fingerprint density at radius 2 is 1.75 bits per heavy atom. The summed E-state index contributed by atoms with van der Waals surface area (Å²) in [4.78, 5) is 0.106. The molecular formula is C16H22O7S. The van der Waals surface area contributed by atoms with E-state index in [1.54, 1.807) is 26.0 Å². The summed E-state index contributed by atoms with van der Waals surface area (Å²) in [5.74, 6) is -0.774. The van der Waals surface area contributed by atoms with Crippen molar-refractivity contribution in [3.63, 3.8) is 0 Å². The van der Waals surface area contributed by atoms with Gasteiger partial charge in [0.15, 0.2) is 12.1 Å². The van der Waals surface area contributed by atoms with Gasteiger partial charge in [-0.3, -0.25) is 4.18 Å². The van der Waals surface area contributed by atoms with Gasteiger partial charge in [-0.1, -0.05) is 17.7 Å². The topological polar surface area (TPSA) is 80.3 Å². The highest BCUT2D eigenvalue weighted by Gasteiger charge is 2.55. The van der Waals surface area contributed by atoms with Gasteiger partial charge in [-0.15, -0.1) is 0 Å². The maximum absolute atomic E-state index is 12.3. The van der Waals surface area contributed by atoms with E-state index < -0.39 is 40.5 Å². The largest absolute Gasteiger partial charge is 0.353 e. The normalized spacial score (nSPS) is 32.0. The Bertz CT molecular complexity index is 683. The summed E-state index contributed by atoms with van der Waals surface area (Å²) >= 11 is 0. The second kappa shape index (κ2) is 6.36. The van der Waals surface area contributed by atoms with Gasteiger partial charge < -0.3 is 18.9 Å². The van der Waals surface area contributed by atoms with Crippen molar-refractivity contribution < 1.29 is 31.5 Å². The van der Waals surface area contributed by atoms with Crippen molar-refractivity contribution in [2.75, 3.05) is 13.7 Å². The van der Waals surface area contributed by atoms with Crippen molar-refractivity contribution in [1.82, 2.24) is 0 Å². The fourth-order valence-corrected chi connectivity index (χ4v) is 3.81. The number of hydrogen-bond acceptors (Lipinski definition) is 7. The Kier molecular flexibility index (Phi) is 4.71. The van der Waals surface area contributed by atoms with Gasteiger partial charge in [0.25, 0.3) is 10.1 Å². The summed E-state index contributed by atoms with van der Waals surface area (Å²) in [5, 5.41) is 0. The Hall–Kier alpha value is -1.03. The quantitative estimate of drug-likeness (QED) is 0.740. The molecule has 2 saturated heterocycles. The Balaban J connectivity index is 1.69. The van der Waals surface area contributed by atoms with Crippen molar-refractivity contribution in [3.8, 4) is 0 Å². The first-order valence-corrected chi connectivity index (χ1v) is 9.13. The smallest absolute Gasteiger partial charge is 0.297 e. The molecule has 0 N–H and O–H groups in total. The Morgan fingerprint density at radius 3 is 2.38 bits per heavy atom. The van der Waals surface area contributed by atoms with E-state index in [0.29, 0.717) is 0 Å². The minimum Gasteiger partial charge on any atom is -0.353 e. The summed E-state index contributed by atoms with van der Waals surface area (Å²) in [6.07, 6.45) is -2.08. The van der Waals surface area contributed by atoms with E-state index in [9.17, 15) is 8.42 Å². The third kappa shape index (κ3) is 3.49. The van der Waals surface area contributed by atoms with E-state index in [-0.39, 0.29) is 11.5 Å². The molecule has 0 aromatic heterocycles. The van der Waals surface area contributed by atoms with Crippen molar-refractivity contribution >= 4 is 10.1 Å². The first kappa shape index (κ1) is 17.8. The summed E-state index contributed by atoms with van der Waals surface area (Å²) in [6.45, 7) is 5.29. The van der Waals surface area contributed by atoms with Crippen LogP contribution in [0.4, 0.5) is 0 Å². The second-order valence-corrected chi connectivity index (χ2v) is 8.01. The molecule has 0 bridgehead atoms. The maximum atomic E-state index is 12.3. The third-order valence-corrected chi connectivity index (χ3v) is 5.33. The molecule has 0 aliphatic carbocycles. The molecule has 2 heterocycles. The minimum atomic E-state index is -3.86. The van der Waals surface area contributed by atoms with Gasteiger partial charge in [-0.25, -0.2) is 0 Å². The molecule has 8 heteroatoms. The van der Waals surface area contributed by atoms with Crippen LogP contribution in [-0.4, -0.2) is 52.5 Å². The van der Waals surface area contributed by atoms with Gasteiger partial charge in [0.05, 0.1) is 11.5 Å². The lowest BCUT2D eigenvalue weighted by atomic mass is 10.1. The molecule has 1 aromatic rings. The lowest BCUT2D eigenvalue weighted by molar-refractivity contribution is -0.229. The van der Waals surface area contributed by atoms with E-state index in [1.807, 2.05) is 6.92 Å². The van der Waals surface area contributed by atoms with Gasteiger partial charge in [0, 0.05) is 7.11 Å². The molecule has 2 aliphatic heterocycles. The van der Waals surface area contributed by atoms with Crippen LogP contribution >= 0.6 is 0 Å². The highest BCUT2D eigenvalue weighted by molar-refractivity contribution is 7.86. The fraction of sp³-hybridized carbons (Fsp3) is 0.625. The molecule has 0 radical (unpaired) electrons. The average molecular weight is 358 g/mol. The zero-order valence-corrected chi connectivity index (χ0v) is 14.9. The van der Waals surface area contributed by atoms with Crippen molar-refractivity contribution in [2.24, 2.45) is 0 Å². The molecule has 2 fully saturated rings. The second-order valence-electron chi connectivity index (χ2n) is 6.40. The highest BCUT2D eigenvalue weighted by atomic mass is 32.2.